The Morgan fingerprint density at radius 2 is 1.64 bits per heavy atom. The summed E-state index contributed by atoms with van der Waals surface area (Å²) in [6.07, 6.45) is 12.6. The molecule has 3 saturated carbocycles. The number of rotatable bonds is 0. The van der Waals surface area contributed by atoms with Gasteiger partial charge in [0.05, 0.1) is 0 Å². The van der Waals surface area contributed by atoms with Crippen molar-refractivity contribution < 1.29 is 0 Å². The first-order chi connectivity index (χ1) is 5.41. The second kappa shape index (κ2) is 2.02. The molecule has 0 radical (unpaired) electrons. The smallest absolute Gasteiger partial charge is 0.0266 e. The highest BCUT2D eigenvalue weighted by atomic mass is 14.6. The van der Waals surface area contributed by atoms with Crippen LogP contribution in [0.15, 0.2) is 0 Å². The van der Waals surface area contributed by atoms with E-state index in [1.165, 1.54) is 11.8 Å². The number of hydrogen-bond donors (Lipinski definition) is 0. The first kappa shape index (κ1) is 6.51. The molecule has 0 heterocycles. The van der Waals surface area contributed by atoms with Crippen LogP contribution in [-0.2, 0) is 0 Å². The quantitative estimate of drug-likeness (QED) is 0.496. The van der Waals surface area contributed by atoms with E-state index in [9.17, 15) is 0 Å². The Bertz CT molecular complexity index is 163. The van der Waals surface area contributed by atoms with Crippen LogP contribution in [0.5, 0.6) is 0 Å². The van der Waals surface area contributed by atoms with Crippen LogP contribution in [-0.4, -0.2) is 0 Å². The fourth-order valence-electron chi connectivity index (χ4n) is 4.31. The van der Waals surface area contributed by atoms with Crippen LogP contribution in [0.25, 0.3) is 0 Å². The van der Waals surface area contributed by atoms with Gasteiger partial charge in [-0.1, -0.05) is 12.8 Å². The van der Waals surface area contributed by atoms with Crippen molar-refractivity contribution in [1.82, 2.24) is 0 Å². The Labute approximate surface area is 69.4 Å². The third-order valence-electron chi connectivity index (χ3n) is 4.82. The lowest BCUT2D eigenvalue weighted by molar-refractivity contribution is 0.148. The van der Waals surface area contributed by atoms with Crippen LogP contribution in [0.4, 0.5) is 0 Å². The summed E-state index contributed by atoms with van der Waals surface area (Å²) in [5.74, 6) is 2.37. The molecule has 1 atom stereocenters. The van der Waals surface area contributed by atoms with E-state index in [0.717, 1.165) is 5.41 Å². The minimum atomic E-state index is 0.906. The lowest BCUT2D eigenvalue weighted by Gasteiger charge is -2.36. The molecule has 0 nitrogen and oxygen atoms in total. The molecule has 1 unspecified atom stereocenters. The van der Waals surface area contributed by atoms with Crippen LogP contribution in [0.1, 0.15) is 51.4 Å². The molecule has 0 aliphatic heterocycles. The summed E-state index contributed by atoms with van der Waals surface area (Å²) in [6, 6.07) is 0. The van der Waals surface area contributed by atoms with Gasteiger partial charge in [0.25, 0.3) is 0 Å². The molecule has 3 rings (SSSR count). The van der Waals surface area contributed by atoms with Gasteiger partial charge in [0.15, 0.2) is 0 Å². The summed E-state index contributed by atoms with van der Waals surface area (Å²) in [6.45, 7) is 0. The lowest BCUT2D eigenvalue weighted by Crippen LogP contribution is -2.25. The molecule has 2 bridgehead atoms. The third kappa shape index (κ3) is 0.711. The monoisotopic (exact) mass is 150 g/mol. The predicted molar refractivity (Wildman–Crippen MR) is 46.3 cm³/mol. The van der Waals surface area contributed by atoms with E-state index in [1.54, 1.807) is 51.4 Å². The summed E-state index contributed by atoms with van der Waals surface area (Å²) in [7, 11) is 0. The lowest BCUT2D eigenvalue weighted by atomic mass is 9.69. The molecule has 11 heavy (non-hydrogen) atoms. The molecule has 0 N–H and O–H groups in total. The molecule has 3 fully saturated rings. The molecule has 0 aromatic heterocycles. The summed E-state index contributed by atoms with van der Waals surface area (Å²) >= 11 is 0. The molecule has 0 spiro atoms. The summed E-state index contributed by atoms with van der Waals surface area (Å²) in [5, 5.41) is 0. The SMILES string of the molecule is C1CCC23CCC(CC2)C3C1. The van der Waals surface area contributed by atoms with Gasteiger partial charge in [0, 0.05) is 0 Å². The normalized spacial score (nSPS) is 54.5. The van der Waals surface area contributed by atoms with E-state index >= 15 is 0 Å². The Balaban J connectivity index is 1.94. The van der Waals surface area contributed by atoms with Gasteiger partial charge in [-0.05, 0) is 55.8 Å². The van der Waals surface area contributed by atoms with Gasteiger partial charge in [-0.25, -0.2) is 0 Å². The minimum Gasteiger partial charge on any atom is -0.0530 e. The van der Waals surface area contributed by atoms with Crippen LogP contribution < -0.4 is 0 Å². The van der Waals surface area contributed by atoms with E-state index in [0.29, 0.717) is 0 Å². The minimum absolute atomic E-state index is 0.906. The largest absolute Gasteiger partial charge is 0.0530 e. The molecular weight excluding hydrogens is 132 g/mol. The van der Waals surface area contributed by atoms with Gasteiger partial charge < -0.3 is 0 Å². The van der Waals surface area contributed by atoms with Crippen molar-refractivity contribution >= 4 is 0 Å². The van der Waals surface area contributed by atoms with Crippen molar-refractivity contribution in [3.05, 3.63) is 0 Å². The standard InChI is InChI=1S/C11H18/c1-2-6-11-7-4-9(5-8-11)10(11)3-1/h9-10H,1-8H2. The van der Waals surface area contributed by atoms with E-state index < -0.39 is 0 Å². The van der Waals surface area contributed by atoms with E-state index in [4.69, 9.17) is 0 Å². The number of hydrogen-bond acceptors (Lipinski definition) is 0. The van der Waals surface area contributed by atoms with Gasteiger partial charge in [-0.2, -0.15) is 0 Å². The Hall–Kier alpha value is 0. The van der Waals surface area contributed by atoms with Crippen molar-refractivity contribution in [2.45, 2.75) is 51.4 Å². The average Bonchev–Trinajstić information content (AvgIpc) is 2.58. The fraction of sp³-hybridized carbons (Fsp3) is 1.00. The van der Waals surface area contributed by atoms with Crippen molar-refractivity contribution in [2.75, 3.05) is 0 Å². The second-order valence-corrected chi connectivity index (χ2v) is 5.05. The Morgan fingerprint density at radius 3 is 2.36 bits per heavy atom. The first-order valence-electron chi connectivity index (χ1n) is 5.41. The zero-order valence-corrected chi connectivity index (χ0v) is 7.31. The van der Waals surface area contributed by atoms with Gasteiger partial charge in [-0.3, -0.25) is 0 Å². The third-order valence-corrected chi connectivity index (χ3v) is 4.82. The van der Waals surface area contributed by atoms with Gasteiger partial charge in [0.2, 0.25) is 0 Å². The van der Waals surface area contributed by atoms with E-state index in [-0.39, 0.29) is 0 Å². The van der Waals surface area contributed by atoms with Crippen molar-refractivity contribution in [1.29, 1.82) is 0 Å². The highest BCUT2D eigenvalue weighted by molar-refractivity contribution is 5.03. The summed E-state index contributed by atoms with van der Waals surface area (Å²) in [5.41, 5.74) is 0.906. The van der Waals surface area contributed by atoms with Crippen LogP contribution in [0, 0.1) is 17.3 Å². The molecule has 0 aromatic carbocycles. The molecule has 3 aliphatic rings. The Morgan fingerprint density at radius 1 is 0.818 bits per heavy atom. The summed E-state index contributed by atoms with van der Waals surface area (Å²) < 4.78 is 0. The Kier molecular flexibility index (Phi) is 1.20. The molecular formula is C11H18. The van der Waals surface area contributed by atoms with E-state index in [1.807, 2.05) is 0 Å². The van der Waals surface area contributed by atoms with Crippen molar-refractivity contribution in [3.8, 4) is 0 Å². The van der Waals surface area contributed by atoms with Crippen LogP contribution >= 0.6 is 0 Å². The molecule has 0 aromatic rings. The second-order valence-electron chi connectivity index (χ2n) is 5.05. The molecule has 62 valence electrons. The van der Waals surface area contributed by atoms with Crippen LogP contribution in [0.2, 0.25) is 0 Å². The maximum atomic E-state index is 1.60. The van der Waals surface area contributed by atoms with Crippen molar-refractivity contribution in [3.63, 3.8) is 0 Å². The topological polar surface area (TPSA) is 0 Å². The van der Waals surface area contributed by atoms with E-state index in [2.05, 4.69) is 0 Å². The molecule has 0 amide bonds. The van der Waals surface area contributed by atoms with Gasteiger partial charge in [-0.15, -0.1) is 0 Å². The van der Waals surface area contributed by atoms with Crippen LogP contribution in [0.3, 0.4) is 0 Å². The zero-order valence-electron chi connectivity index (χ0n) is 7.31. The highest BCUT2D eigenvalue weighted by Crippen LogP contribution is 2.64. The van der Waals surface area contributed by atoms with Gasteiger partial charge in [0.1, 0.15) is 0 Å². The maximum Gasteiger partial charge on any atom is -0.0266 e. The van der Waals surface area contributed by atoms with Gasteiger partial charge >= 0.3 is 0 Å². The zero-order chi connectivity index (χ0) is 7.31. The fourth-order valence-corrected chi connectivity index (χ4v) is 4.31. The average molecular weight is 150 g/mol. The predicted octanol–water partition coefficient (Wildman–Crippen LogP) is 3.37. The first-order valence-corrected chi connectivity index (χ1v) is 5.41. The summed E-state index contributed by atoms with van der Waals surface area (Å²) in [4.78, 5) is 0. The molecule has 3 aliphatic carbocycles. The maximum absolute atomic E-state index is 1.60. The molecule has 0 saturated heterocycles. The molecule has 0 heteroatoms. The highest BCUT2D eigenvalue weighted by Gasteiger charge is 2.53. The van der Waals surface area contributed by atoms with Crippen molar-refractivity contribution in [2.24, 2.45) is 17.3 Å².